The topological polar surface area (TPSA) is 105 Å². The van der Waals surface area contributed by atoms with Gasteiger partial charge in [0.2, 0.25) is 0 Å². The molecule has 0 radical (unpaired) electrons. The third-order valence-corrected chi connectivity index (χ3v) is 9.66. The lowest BCUT2D eigenvalue weighted by Crippen LogP contribution is -2.29. The molecule has 2 aromatic heterocycles. The van der Waals surface area contributed by atoms with Crippen LogP contribution in [0.1, 0.15) is 24.3 Å². The quantitative estimate of drug-likeness (QED) is 0.245. The van der Waals surface area contributed by atoms with Crippen LogP contribution in [0.15, 0.2) is 77.8 Å². The van der Waals surface area contributed by atoms with E-state index in [2.05, 4.69) is 4.98 Å². The van der Waals surface area contributed by atoms with Gasteiger partial charge in [0.05, 0.1) is 28.9 Å². The Hall–Kier alpha value is -2.97. The zero-order valence-corrected chi connectivity index (χ0v) is 21.4. The Kier molecular flexibility index (Phi) is 7.15. The van der Waals surface area contributed by atoms with Crippen LogP contribution in [0, 0.1) is 0 Å². The SMILES string of the molecule is CCOC(=O)c1c(P(=O)(OCC)c2ccccn2)c2cc(Cl)ccc2n1S(=O)(=O)c1ccccc1. The fraction of sp³-hybridized carbons (Fsp3) is 0.167. The van der Waals surface area contributed by atoms with Crippen LogP contribution in [0.25, 0.3) is 10.9 Å². The van der Waals surface area contributed by atoms with Crippen molar-refractivity contribution in [2.24, 2.45) is 0 Å². The zero-order valence-electron chi connectivity index (χ0n) is 18.9. The first-order valence-electron chi connectivity index (χ1n) is 10.7. The first-order valence-corrected chi connectivity index (χ1v) is 14.2. The highest BCUT2D eigenvalue weighted by molar-refractivity contribution is 7.90. The average Bonchev–Trinajstić information content (AvgIpc) is 3.21. The van der Waals surface area contributed by atoms with Gasteiger partial charge >= 0.3 is 5.97 Å². The van der Waals surface area contributed by atoms with E-state index in [9.17, 15) is 17.8 Å². The third-order valence-electron chi connectivity index (χ3n) is 5.17. The summed E-state index contributed by atoms with van der Waals surface area (Å²) in [5.74, 6) is -0.967. The van der Waals surface area contributed by atoms with E-state index in [4.69, 9.17) is 20.9 Å². The molecule has 2 heterocycles. The van der Waals surface area contributed by atoms with E-state index >= 15 is 0 Å². The summed E-state index contributed by atoms with van der Waals surface area (Å²) in [6.07, 6.45) is 1.44. The number of pyridine rings is 1. The molecule has 182 valence electrons. The predicted octanol–water partition coefficient (Wildman–Crippen LogP) is 4.37. The van der Waals surface area contributed by atoms with Crippen molar-refractivity contribution < 1.29 is 27.0 Å². The summed E-state index contributed by atoms with van der Waals surface area (Å²) >= 11 is 6.28. The summed E-state index contributed by atoms with van der Waals surface area (Å²) in [6.45, 7) is 3.21. The molecule has 0 spiro atoms. The van der Waals surface area contributed by atoms with Crippen molar-refractivity contribution in [1.29, 1.82) is 0 Å². The van der Waals surface area contributed by atoms with Crippen LogP contribution < -0.4 is 10.7 Å². The molecule has 11 heteroatoms. The smallest absolute Gasteiger partial charge is 0.356 e. The number of esters is 1. The number of carbonyl (C=O) groups excluding carboxylic acids is 1. The number of nitrogens with zero attached hydrogens (tertiary/aromatic N) is 2. The third kappa shape index (κ3) is 4.41. The molecule has 8 nitrogen and oxygen atoms in total. The maximum atomic E-state index is 14.6. The molecule has 0 saturated heterocycles. The van der Waals surface area contributed by atoms with Gasteiger partial charge < -0.3 is 9.26 Å². The van der Waals surface area contributed by atoms with Crippen molar-refractivity contribution >= 4 is 56.6 Å². The van der Waals surface area contributed by atoms with Crippen LogP contribution in [0.3, 0.4) is 0 Å². The maximum absolute atomic E-state index is 14.6. The van der Waals surface area contributed by atoms with Crippen molar-refractivity contribution in [3.8, 4) is 0 Å². The van der Waals surface area contributed by atoms with E-state index < -0.39 is 29.1 Å². The van der Waals surface area contributed by atoms with Gasteiger partial charge in [-0.15, -0.1) is 0 Å². The van der Waals surface area contributed by atoms with Gasteiger partial charge in [0.25, 0.3) is 17.4 Å². The van der Waals surface area contributed by atoms with Gasteiger partial charge in [0.1, 0.15) is 5.44 Å². The van der Waals surface area contributed by atoms with Crippen molar-refractivity contribution in [1.82, 2.24) is 8.96 Å². The summed E-state index contributed by atoms with van der Waals surface area (Å²) in [6, 6.07) is 16.8. The number of halogens is 1. The number of carbonyl (C=O) groups is 1. The Balaban J connectivity index is 2.22. The van der Waals surface area contributed by atoms with E-state index in [0.717, 1.165) is 3.97 Å². The number of benzene rings is 2. The van der Waals surface area contributed by atoms with Crippen LogP contribution in [0.4, 0.5) is 0 Å². The number of aromatic nitrogens is 2. The fourth-order valence-electron chi connectivity index (χ4n) is 3.80. The monoisotopic (exact) mass is 532 g/mol. The Bertz CT molecular complexity index is 1540. The minimum absolute atomic E-state index is 0.00872. The van der Waals surface area contributed by atoms with E-state index in [0.29, 0.717) is 0 Å². The molecular weight excluding hydrogens is 511 g/mol. The van der Waals surface area contributed by atoms with Gasteiger partial charge in [-0.1, -0.05) is 35.9 Å². The van der Waals surface area contributed by atoms with Crippen LogP contribution in [0.2, 0.25) is 5.02 Å². The minimum atomic E-state index is -4.33. The lowest BCUT2D eigenvalue weighted by atomic mass is 10.2. The lowest BCUT2D eigenvalue weighted by Gasteiger charge is -2.19. The molecular formula is C24H22ClN2O6PS. The highest BCUT2D eigenvalue weighted by Crippen LogP contribution is 2.48. The molecule has 0 aliphatic heterocycles. The molecule has 2 aromatic carbocycles. The highest BCUT2D eigenvalue weighted by atomic mass is 35.5. The summed E-state index contributed by atoms with van der Waals surface area (Å²) in [7, 11) is -8.43. The summed E-state index contributed by atoms with van der Waals surface area (Å²) in [4.78, 5) is 17.5. The first-order chi connectivity index (χ1) is 16.8. The number of ether oxygens (including phenoxy) is 1. The van der Waals surface area contributed by atoms with Gasteiger partial charge in [-0.05, 0) is 56.3 Å². The van der Waals surface area contributed by atoms with Crippen LogP contribution in [-0.2, 0) is 23.8 Å². The molecule has 0 amide bonds. The molecule has 1 atom stereocenters. The van der Waals surface area contributed by atoms with E-state index in [1.807, 2.05) is 0 Å². The van der Waals surface area contributed by atoms with Crippen molar-refractivity contribution in [3.63, 3.8) is 0 Å². The Morgan fingerprint density at radius 3 is 2.37 bits per heavy atom. The molecule has 0 saturated carbocycles. The van der Waals surface area contributed by atoms with E-state index in [1.54, 1.807) is 44.2 Å². The van der Waals surface area contributed by atoms with Crippen molar-refractivity contribution in [2.75, 3.05) is 13.2 Å². The number of fused-ring (bicyclic) bond motifs is 1. The predicted molar refractivity (Wildman–Crippen MR) is 135 cm³/mol. The highest BCUT2D eigenvalue weighted by Gasteiger charge is 2.42. The minimum Gasteiger partial charge on any atom is -0.461 e. The van der Waals surface area contributed by atoms with Gasteiger partial charge in [-0.2, -0.15) is 0 Å². The van der Waals surface area contributed by atoms with Crippen LogP contribution in [0.5, 0.6) is 0 Å². The number of rotatable bonds is 8. The van der Waals surface area contributed by atoms with Gasteiger partial charge in [-0.3, -0.25) is 9.55 Å². The molecule has 0 fully saturated rings. The number of hydrogen-bond donors (Lipinski definition) is 0. The average molecular weight is 533 g/mol. The Labute approximate surface area is 208 Å². The van der Waals surface area contributed by atoms with Crippen LogP contribution in [-0.4, -0.2) is 36.6 Å². The molecule has 0 N–H and O–H groups in total. The molecule has 0 aliphatic carbocycles. The standard InChI is InChI=1S/C24H22ClN2O6PS/c1-3-32-24(28)22-23(34(29,33-4-2)21-12-8-9-15-26-21)19-16-17(25)13-14-20(19)27(22)35(30,31)18-10-6-5-7-11-18/h5-16H,3-4H2,1-2H3. The molecule has 0 bridgehead atoms. The van der Waals surface area contributed by atoms with Crippen LogP contribution >= 0.6 is 19.0 Å². The second-order valence-corrected chi connectivity index (χ2v) is 11.8. The molecule has 4 rings (SSSR count). The second-order valence-electron chi connectivity index (χ2n) is 7.32. The van der Waals surface area contributed by atoms with Crippen molar-refractivity contribution in [2.45, 2.75) is 18.7 Å². The Morgan fingerprint density at radius 1 is 1.03 bits per heavy atom. The Morgan fingerprint density at radius 2 is 1.74 bits per heavy atom. The molecule has 1 unspecified atom stereocenters. The molecule has 0 aliphatic rings. The van der Waals surface area contributed by atoms with Gasteiger partial charge in [0, 0.05) is 16.6 Å². The first kappa shape index (κ1) is 25.1. The van der Waals surface area contributed by atoms with E-state index in [-0.39, 0.29) is 44.8 Å². The molecule has 35 heavy (non-hydrogen) atoms. The summed E-state index contributed by atoms with van der Waals surface area (Å²) < 4.78 is 54.2. The van der Waals surface area contributed by atoms with Crippen molar-refractivity contribution in [3.05, 3.63) is 83.6 Å². The number of hydrogen-bond acceptors (Lipinski definition) is 7. The maximum Gasteiger partial charge on any atom is 0.356 e. The summed E-state index contributed by atoms with van der Waals surface area (Å²) in [5.41, 5.74) is -0.258. The molecule has 4 aromatic rings. The summed E-state index contributed by atoms with van der Waals surface area (Å²) in [5, 5.41) is 0.309. The fourth-order valence-corrected chi connectivity index (χ4v) is 7.90. The largest absolute Gasteiger partial charge is 0.461 e. The van der Waals surface area contributed by atoms with E-state index in [1.165, 1.54) is 42.6 Å². The van der Waals surface area contributed by atoms with Gasteiger partial charge in [-0.25, -0.2) is 17.2 Å². The lowest BCUT2D eigenvalue weighted by molar-refractivity contribution is 0.0520. The van der Waals surface area contributed by atoms with Gasteiger partial charge in [0.15, 0.2) is 5.69 Å². The second kappa shape index (κ2) is 9.95. The zero-order chi connectivity index (χ0) is 25.2. The normalized spacial score (nSPS) is 13.5.